The average Bonchev–Trinajstić information content (AvgIpc) is 1.68. The maximum atomic E-state index is 5.76. The van der Waals surface area contributed by atoms with E-state index in [4.69, 9.17) is 5.73 Å². The van der Waals surface area contributed by atoms with Crippen LogP contribution in [0.2, 0.25) is 0 Å². The fourth-order valence-electron chi connectivity index (χ4n) is 0.0505. The van der Waals surface area contributed by atoms with Gasteiger partial charge in [-0.05, 0) is 0 Å². The molecule has 0 saturated carbocycles. The average molecular weight is 326 g/mol. The topological polar surface area (TPSA) is 26.0 Å². The van der Waals surface area contributed by atoms with Crippen LogP contribution in [0.4, 0.5) is 0 Å². The van der Waals surface area contributed by atoms with E-state index in [9.17, 15) is 0 Å². The summed E-state index contributed by atoms with van der Waals surface area (Å²) in [7, 11) is 0. The number of hydrogen-bond donors (Lipinski definition) is 1. The predicted molar refractivity (Wildman–Crippen MR) is 36.9 cm³/mol. The van der Waals surface area contributed by atoms with Crippen LogP contribution in [-0.4, -0.2) is 3.55 Å². The SMILES string of the molecule is CCC(C)(N)[I-]I. The number of alkyl halides is 1. The third-order valence-electron chi connectivity index (χ3n) is 0.854. The molecule has 0 heterocycles. The summed E-state index contributed by atoms with van der Waals surface area (Å²) < 4.78 is 0.180. The Morgan fingerprint density at radius 1 is 1.86 bits per heavy atom. The van der Waals surface area contributed by atoms with Crippen LogP contribution in [-0.2, 0) is 0 Å². The first-order valence-corrected chi connectivity index (χ1v) is 9.55. The van der Waals surface area contributed by atoms with Crippen LogP contribution in [0.25, 0.3) is 0 Å². The Kier molecular flexibility index (Phi) is 4.15. The van der Waals surface area contributed by atoms with Gasteiger partial charge in [0.2, 0.25) is 0 Å². The van der Waals surface area contributed by atoms with E-state index in [0.717, 1.165) is 6.42 Å². The van der Waals surface area contributed by atoms with E-state index in [2.05, 4.69) is 32.5 Å². The van der Waals surface area contributed by atoms with Gasteiger partial charge in [-0.2, -0.15) is 0 Å². The molecule has 0 rings (SSSR count). The van der Waals surface area contributed by atoms with Gasteiger partial charge in [-0.1, -0.05) is 0 Å². The van der Waals surface area contributed by atoms with Gasteiger partial charge in [0.15, 0.2) is 0 Å². The van der Waals surface area contributed by atoms with E-state index in [1.165, 1.54) is 0 Å². The summed E-state index contributed by atoms with van der Waals surface area (Å²) in [6.45, 7) is 4.26. The predicted octanol–water partition coefficient (Wildman–Crippen LogP) is -1.49. The molecular formula is C4H10I2N-. The van der Waals surface area contributed by atoms with Crippen molar-refractivity contribution in [1.29, 1.82) is 0 Å². The molecule has 0 fully saturated rings. The number of nitrogens with two attached hydrogens (primary N) is 1. The second-order valence-corrected chi connectivity index (χ2v) is 7.31. The zero-order valence-corrected chi connectivity index (χ0v) is 8.86. The van der Waals surface area contributed by atoms with E-state index >= 15 is 0 Å². The van der Waals surface area contributed by atoms with Crippen molar-refractivity contribution in [2.75, 3.05) is 0 Å². The molecule has 0 spiro atoms. The Balaban J connectivity index is 3.36. The molecule has 0 bridgehead atoms. The van der Waals surface area contributed by atoms with E-state index < -0.39 is 0 Å². The molecule has 3 heteroatoms. The van der Waals surface area contributed by atoms with Gasteiger partial charge >= 0.3 is 65.4 Å². The van der Waals surface area contributed by atoms with Crippen LogP contribution in [0.15, 0.2) is 0 Å². The fourth-order valence-corrected chi connectivity index (χ4v) is 2.27. The molecule has 7 heavy (non-hydrogen) atoms. The van der Waals surface area contributed by atoms with Gasteiger partial charge in [0, 0.05) is 0 Å². The van der Waals surface area contributed by atoms with E-state index in [1.807, 2.05) is 0 Å². The summed E-state index contributed by atoms with van der Waals surface area (Å²) in [4.78, 5) is 0. The molecule has 0 amide bonds. The van der Waals surface area contributed by atoms with Gasteiger partial charge in [0.25, 0.3) is 0 Å². The quantitative estimate of drug-likeness (QED) is 0.374. The van der Waals surface area contributed by atoms with Gasteiger partial charge in [-0.25, -0.2) is 0 Å². The first kappa shape index (κ1) is 8.42. The summed E-state index contributed by atoms with van der Waals surface area (Å²) >= 11 is 2.62. The molecule has 0 radical (unpaired) electrons. The normalized spacial score (nSPS) is 19.4. The van der Waals surface area contributed by atoms with E-state index in [1.54, 1.807) is 0 Å². The van der Waals surface area contributed by atoms with Crippen molar-refractivity contribution >= 4 is 18.6 Å². The Hall–Kier alpha value is 1.42. The molecule has 0 saturated heterocycles. The minimum absolute atomic E-state index is 0.180. The van der Waals surface area contributed by atoms with Crippen LogP contribution in [0.5, 0.6) is 0 Å². The van der Waals surface area contributed by atoms with Crippen LogP contribution in [0, 0.1) is 0 Å². The molecule has 0 aromatic rings. The van der Waals surface area contributed by atoms with Crippen molar-refractivity contribution < 1.29 is 17.2 Å². The summed E-state index contributed by atoms with van der Waals surface area (Å²) in [6, 6.07) is 0. The number of halogens is 2. The molecule has 0 aliphatic heterocycles. The number of rotatable bonds is 2. The standard InChI is InChI=1S/C4H10I2N/c1-3-4(2,7)6-5/h3,7H2,1-2H3/q-1. The summed E-state index contributed by atoms with van der Waals surface area (Å²) in [5.41, 5.74) is 5.76. The van der Waals surface area contributed by atoms with Crippen molar-refractivity contribution in [2.45, 2.75) is 23.8 Å². The molecule has 0 aliphatic carbocycles. The Morgan fingerprint density at radius 2 is 2.29 bits per heavy atom. The summed E-state index contributed by atoms with van der Waals surface area (Å²) in [6.07, 6.45) is 1.11. The van der Waals surface area contributed by atoms with Gasteiger partial charge in [-0.3, -0.25) is 0 Å². The van der Waals surface area contributed by atoms with E-state index in [0.29, 0.717) is 0 Å². The molecule has 0 aliphatic rings. The molecular weight excluding hydrogens is 316 g/mol. The van der Waals surface area contributed by atoms with Crippen molar-refractivity contribution in [3.8, 4) is 0 Å². The molecule has 1 nitrogen and oxygen atoms in total. The zero-order valence-electron chi connectivity index (χ0n) is 4.54. The summed E-state index contributed by atoms with van der Waals surface area (Å²) in [5, 5.41) is 0. The first-order valence-electron chi connectivity index (χ1n) is 2.18. The maximum absolute atomic E-state index is 5.76. The molecule has 1 atom stereocenters. The molecule has 0 aromatic carbocycles. The Labute approximate surface area is 64.9 Å². The second-order valence-electron chi connectivity index (χ2n) is 1.70. The van der Waals surface area contributed by atoms with Gasteiger partial charge in [-0.15, -0.1) is 0 Å². The van der Waals surface area contributed by atoms with Crippen molar-refractivity contribution in [3.63, 3.8) is 0 Å². The molecule has 2 N–H and O–H groups in total. The van der Waals surface area contributed by atoms with E-state index in [-0.39, 0.29) is 20.8 Å². The summed E-state index contributed by atoms with van der Waals surface area (Å²) in [5.74, 6) is 0. The second kappa shape index (κ2) is 3.45. The van der Waals surface area contributed by atoms with Gasteiger partial charge in [0.1, 0.15) is 0 Å². The Morgan fingerprint density at radius 3 is 2.29 bits per heavy atom. The third-order valence-corrected chi connectivity index (χ3v) is 8.80. The van der Waals surface area contributed by atoms with Crippen LogP contribution in [0.3, 0.4) is 0 Å². The van der Waals surface area contributed by atoms with Crippen molar-refractivity contribution in [2.24, 2.45) is 5.73 Å². The van der Waals surface area contributed by atoms with Crippen LogP contribution >= 0.6 is 18.6 Å². The van der Waals surface area contributed by atoms with Gasteiger partial charge < -0.3 is 0 Å². The first-order chi connectivity index (χ1) is 3.12. The van der Waals surface area contributed by atoms with Crippen molar-refractivity contribution in [3.05, 3.63) is 0 Å². The zero-order chi connectivity index (χ0) is 5.91. The molecule has 46 valence electrons. The fraction of sp³-hybridized carbons (Fsp3) is 1.00. The molecule has 1 unspecified atom stereocenters. The monoisotopic (exact) mass is 326 g/mol. The third kappa shape index (κ3) is 3.96. The minimum atomic E-state index is 0.180. The van der Waals surface area contributed by atoms with Crippen LogP contribution in [0.1, 0.15) is 20.3 Å². The van der Waals surface area contributed by atoms with Gasteiger partial charge in [0.05, 0.1) is 0 Å². The number of hydrogen-bond acceptors (Lipinski definition) is 1. The Bertz CT molecular complexity index is 47.7. The van der Waals surface area contributed by atoms with Crippen molar-refractivity contribution in [1.82, 2.24) is 0 Å². The molecule has 0 aromatic heterocycles. The van der Waals surface area contributed by atoms with Crippen LogP contribution < -0.4 is 23.0 Å².